The number of nitrogens with two attached hydrogens (primary N) is 1. The van der Waals surface area contributed by atoms with Crippen molar-refractivity contribution in [1.29, 1.82) is 0 Å². The van der Waals surface area contributed by atoms with Crippen LogP contribution in [0.4, 0.5) is 0 Å². The molecule has 2 fully saturated rings. The van der Waals surface area contributed by atoms with Gasteiger partial charge in [0.25, 0.3) is 0 Å². The van der Waals surface area contributed by atoms with E-state index >= 15 is 0 Å². The Morgan fingerprint density at radius 2 is 2.27 bits per heavy atom. The topological polar surface area (TPSA) is 52.3 Å². The molecule has 0 spiro atoms. The number of carbonyl (C=O) groups is 1. The van der Waals surface area contributed by atoms with Crippen molar-refractivity contribution in [2.75, 3.05) is 7.11 Å². The summed E-state index contributed by atoms with van der Waals surface area (Å²) in [5.41, 5.74) is 5.84. The SMILES string of the molecule is COC(=O)C1CC2CC2C1N. The third kappa shape index (κ3) is 0.948. The molecule has 2 rings (SSSR count). The molecule has 3 nitrogen and oxygen atoms in total. The first-order valence-corrected chi connectivity index (χ1v) is 4.07. The zero-order valence-electron chi connectivity index (χ0n) is 6.62. The lowest BCUT2D eigenvalue weighted by molar-refractivity contribution is -0.146. The molecule has 0 aromatic rings. The van der Waals surface area contributed by atoms with Gasteiger partial charge in [-0.1, -0.05) is 0 Å². The molecule has 2 aliphatic carbocycles. The maximum atomic E-state index is 11.1. The second kappa shape index (κ2) is 2.21. The lowest BCUT2D eigenvalue weighted by Gasteiger charge is -2.14. The highest BCUT2D eigenvalue weighted by atomic mass is 16.5. The van der Waals surface area contributed by atoms with Crippen LogP contribution < -0.4 is 5.73 Å². The summed E-state index contributed by atoms with van der Waals surface area (Å²) in [5, 5.41) is 0. The Balaban J connectivity index is 2.01. The fourth-order valence-corrected chi connectivity index (χ4v) is 2.20. The Hall–Kier alpha value is -0.570. The first kappa shape index (κ1) is 7.10. The number of carbonyl (C=O) groups excluding carboxylic acids is 1. The molecule has 4 unspecified atom stereocenters. The first-order chi connectivity index (χ1) is 5.24. The number of esters is 1. The molecule has 0 amide bonds. The highest BCUT2D eigenvalue weighted by molar-refractivity contribution is 5.74. The highest BCUT2D eigenvalue weighted by Gasteiger charge is 2.54. The normalized spacial score (nSPS) is 46.7. The molecule has 0 saturated heterocycles. The summed E-state index contributed by atoms with van der Waals surface area (Å²) < 4.78 is 4.65. The van der Waals surface area contributed by atoms with Crippen molar-refractivity contribution in [3.05, 3.63) is 0 Å². The highest BCUT2D eigenvalue weighted by Crippen LogP contribution is 2.53. The van der Waals surface area contributed by atoms with Crippen LogP contribution in [0, 0.1) is 17.8 Å². The zero-order valence-corrected chi connectivity index (χ0v) is 6.62. The van der Waals surface area contributed by atoms with Crippen LogP contribution in [0.25, 0.3) is 0 Å². The van der Waals surface area contributed by atoms with Crippen molar-refractivity contribution in [3.8, 4) is 0 Å². The molecule has 11 heavy (non-hydrogen) atoms. The molecule has 0 aliphatic heterocycles. The van der Waals surface area contributed by atoms with E-state index in [0.717, 1.165) is 12.3 Å². The van der Waals surface area contributed by atoms with Crippen LogP contribution in [0.1, 0.15) is 12.8 Å². The lowest BCUT2D eigenvalue weighted by atomic mass is 9.99. The van der Waals surface area contributed by atoms with Crippen molar-refractivity contribution in [1.82, 2.24) is 0 Å². The zero-order chi connectivity index (χ0) is 8.01. The molecular weight excluding hydrogens is 142 g/mol. The predicted molar refractivity (Wildman–Crippen MR) is 39.7 cm³/mol. The van der Waals surface area contributed by atoms with Crippen molar-refractivity contribution in [2.24, 2.45) is 23.5 Å². The van der Waals surface area contributed by atoms with Gasteiger partial charge in [-0.25, -0.2) is 0 Å². The van der Waals surface area contributed by atoms with E-state index in [9.17, 15) is 4.79 Å². The summed E-state index contributed by atoms with van der Waals surface area (Å²) >= 11 is 0. The van der Waals surface area contributed by atoms with E-state index in [0.29, 0.717) is 5.92 Å². The molecule has 62 valence electrons. The van der Waals surface area contributed by atoms with Crippen molar-refractivity contribution >= 4 is 5.97 Å². The molecule has 3 heteroatoms. The van der Waals surface area contributed by atoms with Crippen LogP contribution in [0.5, 0.6) is 0 Å². The summed E-state index contributed by atoms with van der Waals surface area (Å²) in [6, 6.07) is 0.0763. The minimum atomic E-state index is -0.121. The number of rotatable bonds is 1. The van der Waals surface area contributed by atoms with E-state index in [-0.39, 0.29) is 17.9 Å². The summed E-state index contributed by atoms with van der Waals surface area (Å²) in [4.78, 5) is 11.1. The minimum Gasteiger partial charge on any atom is -0.469 e. The van der Waals surface area contributed by atoms with Crippen molar-refractivity contribution < 1.29 is 9.53 Å². The van der Waals surface area contributed by atoms with E-state index in [1.165, 1.54) is 13.5 Å². The van der Waals surface area contributed by atoms with Gasteiger partial charge in [0.15, 0.2) is 0 Å². The second-order valence-electron chi connectivity index (χ2n) is 3.60. The summed E-state index contributed by atoms with van der Waals surface area (Å²) in [7, 11) is 1.43. The van der Waals surface area contributed by atoms with E-state index in [1.807, 2.05) is 0 Å². The third-order valence-corrected chi connectivity index (χ3v) is 3.00. The van der Waals surface area contributed by atoms with Crippen molar-refractivity contribution in [3.63, 3.8) is 0 Å². The fraction of sp³-hybridized carbons (Fsp3) is 0.875. The standard InChI is InChI=1S/C8H13NO2/c1-11-8(10)6-3-4-2-5(4)7(6)9/h4-7H,2-3,9H2,1H3. The number of methoxy groups -OCH3 is 1. The largest absolute Gasteiger partial charge is 0.469 e. The minimum absolute atomic E-state index is 0.0104. The smallest absolute Gasteiger partial charge is 0.310 e. The predicted octanol–water partition coefficient (Wildman–Crippen LogP) is 0.143. The van der Waals surface area contributed by atoms with Gasteiger partial charge in [-0.2, -0.15) is 0 Å². The average Bonchev–Trinajstić information content (AvgIpc) is 2.71. The molecule has 0 aromatic carbocycles. The maximum absolute atomic E-state index is 11.1. The fourth-order valence-electron chi connectivity index (χ4n) is 2.20. The van der Waals surface area contributed by atoms with Gasteiger partial charge >= 0.3 is 5.97 Å². The van der Waals surface area contributed by atoms with Crippen LogP contribution in [0.2, 0.25) is 0 Å². The van der Waals surface area contributed by atoms with Crippen LogP contribution in [-0.4, -0.2) is 19.1 Å². The van der Waals surface area contributed by atoms with Crippen molar-refractivity contribution in [2.45, 2.75) is 18.9 Å². The molecule has 2 aliphatic rings. The molecular formula is C8H13NO2. The molecule has 0 heterocycles. The van der Waals surface area contributed by atoms with Crippen LogP contribution in [0.15, 0.2) is 0 Å². The van der Waals surface area contributed by atoms with Gasteiger partial charge in [-0.05, 0) is 24.7 Å². The Bertz CT molecular complexity index is 193. The van der Waals surface area contributed by atoms with Gasteiger partial charge in [0.1, 0.15) is 0 Å². The molecule has 2 N–H and O–H groups in total. The monoisotopic (exact) mass is 155 g/mol. The van der Waals surface area contributed by atoms with E-state index < -0.39 is 0 Å². The number of fused-ring (bicyclic) bond motifs is 1. The van der Waals surface area contributed by atoms with Crippen LogP contribution in [0.3, 0.4) is 0 Å². The Morgan fingerprint density at radius 1 is 1.55 bits per heavy atom. The second-order valence-corrected chi connectivity index (χ2v) is 3.60. The third-order valence-electron chi connectivity index (χ3n) is 3.00. The molecule has 0 aromatic heterocycles. The summed E-state index contributed by atoms with van der Waals surface area (Å²) in [6.07, 6.45) is 2.19. The van der Waals surface area contributed by atoms with Gasteiger partial charge in [0.2, 0.25) is 0 Å². The van der Waals surface area contributed by atoms with E-state index in [1.54, 1.807) is 0 Å². The van der Waals surface area contributed by atoms with Crippen LogP contribution >= 0.6 is 0 Å². The Labute approximate surface area is 65.9 Å². The van der Waals surface area contributed by atoms with Gasteiger partial charge in [-0.3, -0.25) is 4.79 Å². The van der Waals surface area contributed by atoms with Gasteiger partial charge < -0.3 is 10.5 Å². The average molecular weight is 155 g/mol. The summed E-state index contributed by atoms with van der Waals surface area (Å²) in [5.74, 6) is 1.22. The van der Waals surface area contributed by atoms with E-state index in [4.69, 9.17) is 5.73 Å². The van der Waals surface area contributed by atoms with E-state index in [2.05, 4.69) is 4.74 Å². The molecule has 4 atom stereocenters. The van der Waals surface area contributed by atoms with Gasteiger partial charge in [-0.15, -0.1) is 0 Å². The quantitative estimate of drug-likeness (QED) is 0.548. The Morgan fingerprint density at radius 3 is 2.73 bits per heavy atom. The Kier molecular flexibility index (Phi) is 1.42. The molecule has 0 radical (unpaired) electrons. The summed E-state index contributed by atoms with van der Waals surface area (Å²) in [6.45, 7) is 0. The first-order valence-electron chi connectivity index (χ1n) is 4.07. The van der Waals surface area contributed by atoms with Crippen LogP contribution in [-0.2, 0) is 9.53 Å². The van der Waals surface area contributed by atoms with Gasteiger partial charge in [0.05, 0.1) is 13.0 Å². The lowest BCUT2D eigenvalue weighted by Crippen LogP contribution is -2.34. The molecule has 0 bridgehead atoms. The number of hydrogen-bond donors (Lipinski definition) is 1. The van der Waals surface area contributed by atoms with Gasteiger partial charge in [0, 0.05) is 6.04 Å². The molecule has 2 saturated carbocycles. The number of hydrogen-bond acceptors (Lipinski definition) is 3. The maximum Gasteiger partial charge on any atom is 0.310 e. The number of ether oxygens (including phenoxy) is 1.